The van der Waals surface area contributed by atoms with Gasteiger partial charge in [0.2, 0.25) is 0 Å². The first-order chi connectivity index (χ1) is 12.0. The average molecular weight is 406 g/mol. The van der Waals surface area contributed by atoms with E-state index in [1.54, 1.807) is 0 Å². The van der Waals surface area contributed by atoms with Crippen LogP contribution in [0.5, 0.6) is 0 Å². The van der Waals surface area contributed by atoms with Gasteiger partial charge in [-0.05, 0) is 12.1 Å². The Morgan fingerprint density at radius 1 is 1.23 bits per heavy atom. The molecule has 3 rings (SSSR count). The van der Waals surface area contributed by atoms with Gasteiger partial charge in [0.05, 0.1) is 16.9 Å². The second-order valence-electron chi connectivity index (χ2n) is 5.35. The largest absolute Gasteiger partial charge is 0.417 e. The molecule has 0 aliphatic rings. The van der Waals surface area contributed by atoms with Gasteiger partial charge in [-0.1, -0.05) is 18.5 Å². The van der Waals surface area contributed by atoms with Gasteiger partial charge in [0.1, 0.15) is 11.3 Å². The Labute approximate surface area is 150 Å². The zero-order chi connectivity index (χ0) is 19.3. The number of pyridine rings is 1. The summed E-state index contributed by atoms with van der Waals surface area (Å²) in [5, 5.41) is 6.76. The summed E-state index contributed by atoms with van der Waals surface area (Å²) >= 11 is 5.83. The zero-order valence-corrected chi connectivity index (χ0v) is 15.0. The third-order valence-corrected chi connectivity index (χ3v) is 5.52. The van der Waals surface area contributed by atoms with Crippen LogP contribution in [0.4, 0.5) is 13.2 Å². The Bertz CT molecular complexity index is 1110. The van der Waals surface area contributed by atoms with Gasteiger partial charge in [0, 0.05) is 13.2 Å². The van der Waals surface area contributed by atoms with Gasteiger partial charge >= 0.3 is 6.18 Å². The van der Waals surface area contributed by atoms with Crippen molar-refractivity contribution in [2.45, 2.75) is 18.1 Å². The Hall–Kier alpha value is -2.27. The van der Waals surface area contributed by atoms with Gasteiger partial charge < -0.3 is 4.57 Å². The minimum Gasteiger partial charge on any atom is -0.312 e. The highest BCUT2D eigenvalue weighted by molar-refractivity contribution is 7.91. The Morgan fingerprint density at radius 2 is 1.92 bits per heavy atom. The fourth-order valence-electron chi connectivity index (χ4n) is 2.36. The van der Waals surface area contributed by atoms with Gasteiger partial charge in [-0.25, -0.2) is 18.4 Å². The number of nitrogens with zero attached hydrogens (tertiary/aromatic N) is 5. The summed E-state index contributed by atoms with van der Waals surface area (Å²) in [4.78, 5) is 7.91. The number of aromatic nitrogens is 5. The molecule has 3 heterocycles. The number of alkyl halides is 3. The van der Waals surface area contributed by atoms with Crippen molar-refractivity contribution in [2.75, 3.05) is 5.75 Å². The molecule has 12 heteroatoms. The molecule has 0 fully saturated rings. The van der Waals surface area contributed by atoms with Gasteiger partial charge in [0.25, 0.3) is 0 Å². The molecule has 7 nitrogen and oxygen atoms in total. The standard InChI is InChI=1S/C14H11ClF3N5O2S/c1-3-26(24,25)13-8(5-10(15)21-22-13)11-20-9-4-7(14(16,17)18)6-19-12(9)23(11)2/h4-6H,3H2,1-2H3. The lowest BCUT2D eigenvalue weighted by molar-refractivity contribution is -0.137. The van der Waals surface area contributed by atoms with E-state index in [1.165, 1.54) is 24.6 Å². The molecule has 0 unspecified atom stereocenters. The summed E-state index contributed by atoms with van der Waals surface area (Å²) in [6.45, 7) is 1.43. The zero-order valence-electron chi connectivity index (χ0n) is 13.4. The highest BCUT2D eigenvalue weighted by Crippen LogP contribution is 2.33. The highest BCUT2D eigenvalue weighted by atomic mass is 35.5. The van der Waals surface area contributed by atoms with Crippen LogP contribution < -0.4 is 0 Å². The minimum atomic E-state index is -4.57. The van der Waals surface area contributed by atoms with E-state index >= 15 is 0 Å². The van der Waals surface area contributed by atoms with Gasteiger partial charge in [-0.15, -0.1) is 10.2 Å². The van der Waals surface area contributed by atoms with Crippen molar-refractivity contribution in [3.8, 4) is 11.4 Å². The van der Waals surface area contributed by atoms with Crippen LogP contribution in [-0.2, 0) is 23.1 Å². The van der Waals surface area contributed by atoms with Crippen molar-refractivity contribution in [1.29, 1.82) is 0 Å². The van der Waals surface area contributed by atoms with E-state index in [0.717, 1.165) is 6.07 Å². The molecule has 0 aliphatic heterocycles. The minimum absolute atomic E-state index is 0.0369. The van der Waals surface area contributed by atoms with Gasteiger partial charge in [0.15, 0.2) is 25.7 Å². The number of sulfone groups is 1. The lowest BCUT2D eigenvalue weighted by Gasteiger charge is -2.08. The van der Waals surface area contributed by atoms with Crippen molar-refractivity contribution >= 4 is 32.6 Å². The SMILES string of the molecule is CCS(=O)(=O)c1nnc(Cl)cc1-c1nc2cc(C(F)(F)F)cnc2n1C. The Balaban J connectivity index is 2.30. The summed E-state index contributed by atoms with van der Waals surface area (Å²) in [6.07, 6.45) is -3.88. The number of imidazole rings is 1. The molecular weight excluding hydrogens is 395 g/mol. The molecule has 0 N–H and O–H groups in total. The number of hydrogen-bond acceptors (Lipinski definition) is 6. The van der Waals surface area contributed by atoms with Crippen LogP contribution in [0, 0.1) is 0 Å². The predicted octanol–water partition coefficient (Wildman–Crippen LogP) is 2.89. The number of rotatable bonds is 3. The maximum atomic E-state index is 12.9. The second kappa shape index (κ2) is 6.16. The summed E-state index contributed by atoms with van der Waals surface area (Å²) in [7, 11) is -2.26. The lowest BCUT2D eigenvalue weighted by Crippen LogP contribution is -2.10. The average Bonchev–Trinajstić information content (AvgIpc) is 2.90. The fourth-order valence-corrected chi connectivity index (χ4v) is 3.43. The molecule has 26 heavy (non-hydrogen) atoms. The summed E-state index contributed by atoms with van der Waals surface area (Å²) in [6, 6.07) is 2.10. The summed E-state index contributed by atoms with van der Waals surface area (Å²) < 4.78 is 64.5. The number of fused-ring (bicyclic) bond motifs is 1. The van der Waals surface area contributed by atoms with E-state index in [4.69, 9.17) is 11.6 Å². The van der Waals surface area contributed by atoms with Crippen molar-refractivity contribution in [1.82, 2.24) is 24.7 Å². The van der Waals surface area contributed by atoms with Crippen LogP contribution in [0.15, 0.2) is 23.4 Å². The van der Waals surface area contributed by atoms with Crippen molar-refractivity contribution in [3.63, 3.8) is 0 Å². The van der Waals surface area contributed by atoms with E-state index in [0.29, 0.717) is 6.20 Å². The third-order valence-electron chi connectivity index (χ3n) is 3.68. The maximum absolute atomic E-state index is 12.9. The number of hydrogen-bond donors (Lipinski definition) is 0. The van der Waals surface area contributed by atoms with Gasteiger partial charge in [-0.2, -0.15) is 13.2 Å². The van der Waals surface area contributed by atoms with Crippen LogP contribution >= 0.6 is 11.6 Å². The van der Waals surface area contributed by atoms with Crippen molar-refractivity contribution in [3.05, 3.63) is 29.0 Å². The fraction of sp³-hybridized carbons (Fsp3) is 0.286. The first-order valence-electron chi connectivity index (χ1n) is 7.20. The van der Waals surface area contributed by atoms with Crippen LogP contribution in [-0.4, -0.2) is 38.9 Å². The van der Waals surface area contributed by atoms with E-state index in [2.05, 4.69) is 20.2 Å². The predicted molar refractivity (Wildman–Crippen MR) is 87.3 cm³/mol. The molecular formula is C14H11ClF3N5O2S. The van der Waals surface area contributed by atoms with E-state index in [9.17, 15) is 21.6 Å². The molecule has 0 saturated heterocycles. The molecule has 0 bridgehead atoms. The first-order valence-corrected chi connectivity index (χ1v) is 9.23. The smallest absolute Gasteiger partial charge is 0.312 e. The molecule has 3 aromatic rings. The normalized spacial score (nSPS) is 12.7. The molecule has 0 aliphatic carbocycles. The molecule has 138 valence electrons. The molecule has 0 radical (unpaired) electrons. The Kier molecular flexibility index (Phi) is 4.39. The molecule has 0 aromatic carbocycles. The van der Waals surface area contributed by atoms with Crippen LogP contribution in [0.2, 0.25) is 5.15 Å². The van der Waals surface area contributed by atoms with E-state index in [1.807, 2.05) is 0 Å². The second-order valence-corrected chi connectivity index (χ2v) is 7.93. The Morgan fingerprint density at radius 3 is 2.54 bits per heavy atom. The first kappa shape index (κ1) is 18.5. The maximum Gasteiger partial charge on any atom is 0.417 e. The summed E-state index contributed by atoms with van der Waals surface area (Å²) in [5.41, 5.74) is -0.797. The topological polar surface area (TPSA) is 90.6 Å². The molecule has 0 spiro atoms. The monoisotopic (exact) mass is 405 g/mol. The van der Waals surface area contributed by atoms with E-state index < -0.39 is 21.6 Å². The van der Waals surface area contributed by atoms with Crippen LogP contribution in [0.1, 0.15) is 12.5 Å². The van der Waals surface area contributed by atoms with Gasteiger partial charge in [-0.3, -0.25) is 0 Å². The number of aryl methyl sites for hydroxylation is 1. The highest BCUT2D eigenvalue weighted by Gasteiger charge is 2.32. The molecule has 0 saturated carbocycles. The molecule has 0 amide bonds. The summed E-state index contributed by atoms with van der Waals surface area (Å²) in [5.74, 6) is -0.174. The quantitative estimate of drug-likeness (QED) is 0.665. The van der Waals surface area contributed by atoms with E-state index in [-0.39, 0.29) is 38.5 Å². The molecule has 3 aromatic heterocycles. The van der Waals surface area contributed by atoms with Crippen LogP contribution in [0.3, 0.4) is 0 Å². The van der Waals surface area contributed by atoms with Crippen LogP contribution in [0.25, 0.3) is 22.6 Å². The van der Waals surface area contributed by atoms with Crippen molar-refractivity contribution in [2.24, 2.45) is 7.05 Å². The van der Waals surface area contributed by atoms with Crippen molar-refractivity contribution < 1.29 is 21.6 Å². The lowest BCUT2D eigenvalue weighted by atomic mass is 10.2. The molecule has 0 atom stereocenters. The third kappa shape index (κ3) is 3.12. The number of halogens is 4.